The van der Waals surface area contributed by atoms with Gasteiger partial charge >= 0.3 is 0 Å². The molecule has 0 spiro atoms. The predicted molar refractivity (Wildman–Crippen MR) is 83.4 cm³/mol. The van der Waals surface area contributed by atoms with Gasteiger partial charge < -0.3 is 9.64 Å². The van der Waals surface area contributed by atoms with Gasteiger partial charge in [0.2, 0.25) is 0 Å². The van der Waals surface area contributed by atoms with E-state index in [0.717, 1.165) is 6.04 Å². The predicted octanol–water partition coefficient (Wildman–Crippen LogP) is 4.35. The number of hydrogen-bond donors (Lipinski definition) is 0. The second-order valence-corrected chi connectivity index (χ2v) is 6.49. The molecule has 1 heterocycles. The highest BCUT2D eigenvalue weighted by atomic mass is 19.1. The van der Waals surface area contributed by atoms with E-state index < -0.39 is 0 Å². The van der Waals surface area contributed by atoms with Gasteiger partial charge in [0.15, 0.2) is 0 Å². The molecule has 116 valence electrons. The van der Waals surface area contributed by atoms with Crippen LogP contribution in [-0.2, 0) is 0 Å². The summed E-state index contributed by atoms with van der Waals surface area (Å²) in [6.07, 6.45) is 9.30. The molecule has 3 rings (SSSR count). The monoisotopic (exact) mass is 291 g/mol. The fourth-order valence-electron chi connectivity index (χ4n) is 4.04. The van der Waals surface area contributed by atoms with Crippen LogP contribution in [0.25, 0.3) is 0 Å². The minimum atomic E-state index is -0.213. The topological polar surface area (TPSA) is 12.5 Å². The lowest BCUT2D eigenvalue weighted by molar-refractivity contribution is 0.121. The van der Waals surface area contributed by atoms with E-state index in [1.165, 1.54) is 69.7 Å². The van der Waals surface area contributed by atoms with Crippen molar-refractivity contribution < 1.29 is 9.13 Å². The third-order valence-electron chi connectivity index (χ3n) is 5.26. The van der Waals surface area contributed by atoms with Crippen molar-refractivity contribution in [2.45, 2.75) is 56.9 Å². The molecule has 0 radical (unpaired) electrons. The molecule has 1 aliphatic heterocycles. The van der Waals surface area contributed by atoms with Gasteiger partial charge in [0.05, 0.1) is 7.11 Å². The lowest BCUT2D eigenvalue weighted by Gasteiger charge is -2.39. The highest BCUT2D eigenvalue weighted by molar-refractivity contribution is 5.37. The highest BCUT2D eigenvalue weighted by Gasteiger charge is 2.28. The molecule has 1 aromatic carbocycles. The summed E-state index contributed by atoms with van der Waals surface area (Å²) in [5, 5.41) is 0. The molecule has 1 aromatic rings. The first-order valence-electron chi connectivity index (χ1n) is 8.35. The minimum Gasteiger partial charge on any atom is -0.496 e. The third-order valence-corrected chi connectivity index (χ3v) is 5.26. The SMILES string of the molecule is COc1cc(F)ccc1C1CCN(C2CCCCC2)CC1. The van der Waals surface area contributed by atoms with E-state index in [1.54, 1.807) is 13.2 Å². The number of halogens is 1. The van der Waals surface area contributed by atoms with Gasteiger partial charge in [-0.25, -0.2) is 4.39 Å². The van der Waals surface area contributed by atoms with Crippen LogP contribution in [0, 0.1) is 5.82 Å². The molecule has 0 aromatic heterocycles. The van der Waals surface area contributed by atoms with Crippen LogP contribution in [0.5, 0.6) is 5.75 Å². The summed E-state index contributed by atoms with van der Waals surface area (Å²) in [5.41, 5.74) is 1.18. The second-order valence-electron chi connectivity index (χ2n) is 6.49. The van der Waals surface area contributed by atoms with Gasteiger partial charge in [-0.3, -0.25) is 0 Å². The summed E-state index contributed by atoms with van der Waals surface area (Å²) in [7, 11) is 1.63. The van der Waals surface area contributed by atoms with Crippen LogP contribution in [0.15, 0.2) is 18.2 Å². The zero-order valence-electron chi connectivity index (χ0n) is 13.0. The van der Waals surface area contributed by atoms with E-state index >= 15 is 0 Å². The molecule has 1 saturated carbocycles. The number of piperidine rings is 1. The normalized spacial score (nSPS) is 22.4. The van der Waals surface area contributed by atoms with E-state index in [9.17, 15) is 4.39 Å². The van der Waals surface area contributed by atoms with Gasteiger partial charge in [0, 0.05) is 12.1 Å². The van der Waals surface area contributed by atoms with Gasteiger partial charge in [0.1, 0.15) is 11.6 Å². The van der Waals surface area contributed by atoms with E-state index in [0.29, 0.717) is 11.7 Å². The van der Waals surface area contributed by atoms with Crippen LogP contribution in [0.1, 0.15) is 56.4 Å². The maximum Gasteiger partial charge on any atom is 0.126 e. The molecule has 1 aliphatic carbocycles. The fraction of sp³-hybridized carbons (Fsp3) is 0.667. The van der Waals surface area contributed by atoms with Crippen LogP contribution < -0.4 is 4.74 Å². The Bertz CT molecular complexity index is 462. The van der Waals surface area contributed by atoms with Gasteiger partial charge in [-0.15, -0.1) is 0 Å². The molecule has 2 fully saturated rings. The Morgan fingerprint density at radius 3 is 2.43 bits per heavy atom. The fourth-order valence-corrected chi connectivity index (χ4v) is 4.04. The van der Waals surface area contributed by atoms with Crippen molar-refractivity contribution in [3.63, 3.8) is 0 Å². The standard InChI is InChI=1S/C18H26FNO/c1-21-18-13-15(19)7-8-17(18)14-9-11-20(12-10-14)16-5-3-2-4-6-16/h7-8,13-14,16H,2-6,9-12H2,1H3. The largest absolute Gasteiger partial charge is 0.496 e. The van der Waals surface area contributed by atoms with Crippen LogP contribution in [-0.4, -0.2) is 31.1 Å². The quantitative estimate of drug-likeness (QED) is 0.821. The zero-order chi connectivity index (χ0) is 14.7. The Balaban J connectivity index is 1.62. The van der Waals surface area contributed by atoms with Crippen LogP contribution in [0.2, 0.25) is 0 Å². The van der Waals surface area contributed by atoms with Gasteiger partial charge in [0.25, 0.3) is 0 Å². The molecule has 0 unspecified atom stereocenters. The summed E-state index contributed by atoms with van der Waals surface area (Å²) in [6.45, 7) is 2.35. The molecule has 21 heavy (non-hydrogen) atoms. The third kappa shape index (κ3) is 3.39. The summed E-state index contributed by atoms with van der Waals surface area (Å²) in [5.74, 6) is 1.02. The van der Waals surface area contributed by atoms with Gasteiger partial charge in [-0.05, 0) is 56.3 Å². The zero-order valence-corrected chi connectivity index (χ0v) is 13.0. The van der Waals surface area contributed by atoms with Crippen LogP contribution >= 0.6 is 0 Å². The van der Waals surface area contributed by atoms with Crippen molar-refractivity contribution in [1.82, 2.24) is 4.90 Å². The maximum absolute atomic E-state index is 13.3. The molecule has 2 nitrogen and oxygen atoms in total. The smallest absolute Gasteiger partial charge is 0.126 e. The lowest BCUT2D eigenvalue weighted by atomic mass is 9.86. The highest BCUT2D eigenvalue weighted by Crippen LogP contribution is 2.36. The summed E-state index contributed by atoms with van der Waals surface area (Å²) >= 11 is 0. The first-order chi connectivity index (χ1) is 10.3. The first-order valence-corrected chi connectivity index (χ1v) is 8.35. The number of rotatable bonds is 3. The maximum atomic E-state index is 13.3. The number of methoxy groups -OCH3 is 1. The van der Waals surface area contributed by atoms with Crippen molar-refractivity contribution in [2.75, 3.05) is 20.2 Å². The van der Waals surface area contributed by atoms with E-state index in [-0.39, 0.29) is 5.82 Å². The number of nitrogens with zero attached hydrogens (tertiary/aromatic N) is 1. The second kappa shape index (κ2) is 6.78. The molecule has 3 heteroatoms. The number of hydrogen-bond acceptors (Lipinski definition) is 2. The molecule has 2 aliphatic rings. The van der Waals surface area contributed by atoms with E-state index in [2.05, 4.69) is 4.90 Å². The van der Waals surface area contributed by atoms with E-state index in [1.807, 2.05) is 6.07 Å². The molecule has 1 saturated heterocycles. The summed E-state index contributed by atoms with van der Waals surface area (Å²) < 4.78 is 18.7. The van der Waals surface area contributed by atoms with Gasteiger partial charge in [-0.2, -0.15) is 0 Å². The van der Waals surface area contributed by atoms with Crippen LogP contribution in [0.3, 0.4) is 0 Å². The summed E-state index contributed by atoms with van der Waals surface area (Å²) in [6, 6.07) is 5.80. The van der Waals surface area contributed by atoms with E-state index in [4.69, 9.17) is 4.74 Å². The molecular formula is C18H26FNO. The Labute approximate surface area is 127 Å². The van der Waals surface area contributed by atoms with Gasteiger partial charge in [-0.1, -0.05) is 25.3 Å². The Morgan fingerprint density at radius 2 is 1.76 bits per heavy atom. The Hall–Kier alpha value is -1.09. The molecular weight excluding hydrogens is 265 g/mol. The van der Waals surface area contributed by atoms with Crippen molar-refractivity contribution in [1.29, 1.82) is 0 Å². The number of ether oxygens (including phenoxy) is 1. The number of likely N-dealkylation sites (tertiary alicyclic amines) is 1. The molecule has 0 N–H and O–H groups in total. The lowest BCUT2D eigenvalue weighted by Crippen LogP contribution is -2.41. The minimum absolute atomic E-state index is 0.213. The van der Waals surface area contributed by atoms with Crippen molar-refractivity contribution in [2.24, 2.45) is 0 Å². The Kier molecular flexibility index (Phi) is 4.79. The van der Waals surface area contributed by atoms with Crippen molar-refractivity contribution in [3.8, 4) is 5.75 Å². The van der Waals surface area contributed by atoms with Crippen LogP contribution in [0.4, 0.5) is 4.39 Å². The number of benzene rings is 1. The van der Waals surface area contributed by atoms with Crippen molar-refractivity contribution in [3.05, 3.63) is 29.6 Å². The molecule has 0 atom stereocenters. The average molecular weight is 291 g/mol. The molecule has 0 amide bonds. The first kappa shape index (κ1) is 14.8. The van der Waals surface area contributed by atoms with Crippen molar-refractivity contribution >= 4 is 0 Å². The Morgan fingerprint density at radius 1 is 1.05 bits per heavy atom. The molecule has 0 bridgehead atoms. The average Bonchev–Trinajstić information content (AvgIpc) is 2.56. The summed E-state index contributed by atoms with van der Waals surface area (Å²) in [4.78, 5) is 2.69.